The molecule has 2 aromatic rings. The van der Waals surface area contributed by atoms with Gasteiger partial charge in [-0.3, -0.25) is 4.79 Å². The van der Waals surface area contributed by atoms with Gasteiger partial charge in [0, 0.05) is 18.8 Å². The van der Waals surface area contributed by atoms with Gasteiger partial charge < -0.3 is 10.1 Å². The Morgan fingerprint density at radius 1 is 1.12 bits per heavy atom. The number of nitrogens with one attached hydrogen (secondary N) is 1. The highest BCUT2D eigenvalue weighted by atomic mass is 35.5. The van der Waals surface area contributed by atoms with Crippen molar-refractivity contribution in [2.45, 2.75) is 37.5 Å². The van der Waals surface area contributed by atoms with E-state index in [1.54, 1.807) is 19.1 Å². The molecule has 1 N–H and O–H groups in total. The average molecular weight is 483 g/mol. The van der Waals surface area contributed by atoms with Gasteiger partial charge in [0.25, 0.3) is 5.91 Å². The van der Waals surface area contributed by atoms with Crippen LogP contribution >= 0.6 is 11.6 Å². The summed E-state index contributed by atoms with van der Waals surface area (Å²) in [5.41, 5.74) is 0.352. The van der Waals surface area contributed by atoms with E-state index in [1.165, 1.54) is 22.5 Å². The third-order valence-electron chi connectivity index (χ3n) is 5.16. The summed E-state index contributed by atoms with van der Waals surface area (Å²) in [6, 6.07) is 8.29. The van der Waals surface area contributed by atoms with Crippen molar-refractivity contribution in [2.75, 3.05) is 25.0 Å². The number of amides is 1. The van der Waals surface area contributed by atoms with Crippen molar-refractivity contribution < 1.29 is 27.1 Å². The number of anilines is 1. The number of hydrogen-bond acceptors (Lipinski definition) is 5. The molecule has 0 spiro atoms. The van der Waals surface area contributed by atoms with Crippen LogP contribution in [0.25, 0.3) is 0 Å². The summed E-state index contributed by atoms with van der Waals surface area (Å²) in [7, 11) is -3.71. The SMILES string of the molecule is Cc1ccc(NC(=O)COC(=O)c2c(F)cccc2Cl)cc1S(=O)(=O)N1CCCCCC1. The van der Waals surface area contributed by atoms with Gasteiger partial charge in [-0.1, -0.05) is 36.6 Å². The number of ether oxygens (including phenoxy) is 1. The Balaban J connectivity index is 1.69. The third kappa shape index (κ3) is 5.65. The summed E-state index contributed by atoms with van der Waals surface area (Å²) in [4.78, 5) is 24.4. The molecule has 1 aliphatic heterocycles. The van der Waals surface area contributed by atoms with Crippen LogP contribution in [0.3, 0.4) is 0 Å². The molecule has 0 radical (unpaired) electrons. The van der Waals surface area contributed by atoms with E-state index in [0.717, 1.165) is 31.7 Å². The molecule has 1 heterocycles. The third-order valence-corrected chi connectivity index (χ3v) is 7.51. The average Bonchev–Trinajstić information content (AvgIpc) is 3.03. The first-order valence-corrected chi connectivity index (χ1v) is 12.0. The molecule has 2 aromatic carbocycles. The van der Waals surface area contributed by atoms with Crippen molar-refractivity contribution in [3.8, 4) is 0 Å². The molecule has 172 valence electrons. The molecule has 0 aliphatic carbocycles. The van der Waals surface area contributed by atoms with Gasteiger partial charge in [0.05, 0.1) is 9.92 Å². The van der Waals surface area contributed by atoms with E-state index in [0.29, 0.717) is 18.7 Å². The number of halogens is 2. The predicted octanol–water partition coefficient (Wildman–Crippen LogP) is 4.15. The maximum Gasteiger partial charge on any atom is 0.343 e. The van der Waals surface area contributed by atoms with E-state index in [1.807, 2.05) is 0 Å². The van der Waals surface area contributed by atoms with E-state index in [-0.39, 0.29) is 15.6 Å². The Kier molecular flexibility index (Phi) is 7.86. The van der Waals surface area contributed by atoms with E-state index in [2.05, 4.69) is 5.32 Å². The van der Waals surface area contributed by atoms with Gasteiger partial charge in [-0.25, -0.2) is 17.6 Å². The van der Waals surface area contributed by atoms with Crippen LogP contribution in [0.1, 0.15) is 41.6 Å². The molecule has 0 bridgehead atoms. The largest absolute Gasteiger partial charge is 0.452 e. The molecule has 0 unspecified atom stereocenters. The smallest absolute Gasteiger partial charge is 0.343 e. The molecular formula is C22H24ClFN2O5S. The molecule has 1 amide bonds. The zero-order chi connectivity index (χ0) is 23.3. The minimum atomic E-state index is -3.71. The second-order valence-corrected chi connectivity index (χ2v) is 9.83. The van der Waals surface area contributed by atoms with Gasteiger partial charge in [0.15, 0.2) is 6.61 Å². The number of aryl methyl sites for hydroxylation is 1. The maximum absolute atomic E-state index is 13.8. The highest BCUT2D eigenvalue weighted by Crippen LogP contribution is 2.26. The number of esters is 1. The molecule has 1 fully saturated rings. The maximum atomic E-state index is 13.8. The van der Waals surface area contributed by atoms with Crippen molar-refractivity contribution in [3.63, 3.8) is 0 Å². The van der Waals surface area contributed by atoms with Crippen LogP contribution in [0.15, 0.2) is 41.3 Å². The number of benzene rings is 2. The van der Waals surface area contributed by atoms with Crippen LogP contribution in [0, 0.1) is 12.7 Å². The van der Waals surface area contributed by atoms with E-state index in [9.17, 15) is 22.4 Å². The second-order valence-electron chi connectivity index (χ2n) is 7.52. The molecule has 0 atom stereocenters. The molecule has 1 saturated heterocycles. The number of rotatable bonds is 6. The summed E-state index contributed by atoms with van der Waals surface area (Å²) >= 11 is 5.82. The Bertz CT molecular complexity index is 1100. The predicted molar refractivity (Wildman–Crippen MR) is 119 cm³/mol. The van der Waals surface area contributed by atoms with Crippen molar-refractivity contribution in [3.05, 3.63) is 58.4 Å². The molecule has 0 aromatic heterocycles. The number of nitrogens with zero attached hydrogens (tertiary/aromatic N) is 1. The van der Waals surface area contributed by atoms with Crippen molar-refractivity contribution >= 4 is 39.2 Å². The van der Waals surface area contributed by atoms with Crippen molar-refractivity contribution in [2.24, 2.45) is 0 Å². The lowest BCUT2D eigenvalue weighted by Crippen LogP contribution is -2.32. The number of carbonyl (C=O) groups is 2. The lowest BCUT2D eigenvalue weighted by atomic mass is 10.2. The normalized spacial score (nSPS) is 15.1. The molecule has 7 nitrogen and oxygen atoms in total. The minimum Gasteiger partial charge on any atom is -0.452 e. The summed E-state index contributed by atoms with van der Waals surface area (Å²) in [6.07, 6.45) is 3.62. The first-order valence-electron chi connectivity index (χ1n) is 10.2. The number of carbonyl (C=O) groups excluding carboxylic acids is 2. The lowest BCUT2D eigenvalue weighted by Gasteiger charge is -2.21. The Morgan fingerprint density at radius 2 is 1.81 bits per heavy atom. The van der Waals surface area contributed by atoms with Gasteiger partial charge in [0.2, 0.25) is 10.0 Å². The van der Waals surface area contributed by atoms with Gasteiger partial charge in [0.1, 0.15) is 11.4 Å². The van der Waals surface area contributed by atoms with E-state index >= 15 is 0 Å². The molecule has 32 heavy (non-hydrogen) atoms. The first-order chi connectivity index (χ1) is 15.2. The van der Waals surface area contributed by atoms with Crippen LogP contribution in [0.5, 0.6) is 0 Å². The molecule has 0 saturated carbocycles. The summed E-state index contributed by atoms with van der Waals surface area (Å²) in [6.45, 7) is 1.93. The van der Waals surface area contributed by atoms with E-state index < -0.39 is 39.9 Å². The highest BCUT2D eigenvalue weighted by molar-refractivity contribution is 7.89. The lowest BCUT2D eigenvalue weighted by molar-refractivity contribution is -0.119. The zero-order valence-electron chi connectivity index (χ0n) is 17.6. The zero-order valence-corrected chi connectivity index (χ0v) is 19.1. The van der Waals surface area contributed by atoms with Crippen LogP contribution in [0.2, 0.25) is 5.02 Å². The highest BCUT2D eigenvalue weighted by Gasteiger charge is 2.27. The summed E-state index contributed by atoms with van der Waals surface area (Å²) < 4.78 is 46.4. The quantitative estimate of drug-likeness (QED) is 0.624. The summed E-state index contributed by atoms with van der Waals surface area (Å²) in [5, 5.41) is 2.38. The Labute approximate surface area is 191 Å². The van der Waals surface area contributed by atoms with Crippen LogP contribution in [-0.4, -0.2) is 44.3 Å². The molecular weight excluding hydrogens is 459 g/mol. The fraction of sp³-hybridized carbons (Fsp3) is 0.364. The van der Waals surface area contributed by atoms with E-state index in [4.69, 9.17) is 16.3 Å². The second kappa shape index (κ2) is 10.4. The fourth-order valence-electron chi connectivity index (χ4n) is 3.47. The standard InChI is InChI=1S/C22H24ClFN2O5S/c1-15-9-10-16(13-19(15)32(29,30)26-11-4-2-3-5-12-26)25-20(27)14-31-22(28)21-17(23)7-6-8-18(21)24/h6-10,13H,2-5,11-12,14H2,1H3,(H,25,27). The van der Waals surface area contributed by atoms with Gasteiger partial charge in [-0.15, -0.1) is 0 Å². The fourth-order valence-corrected chi connectivity index (χ4v) is 5.48. The van der Waals surface area contributed by atoms with Crippen molar-refractivity contribution in [1.82, 2.24) is 4.31 Å². The monoisotopic (exact) mass is 482 g/mol. The summed E-state index contributed by atoms with van der Waals surface area (Å²) in [5.74, 6) is -2.63. The minimum absolute atomic E-state index is 0.118. The van der Waals surface area contributed by atoms with Crippen molar-refractivity contribution in [1.29, 1.82) is 0 Å². The number of sulfonamides is 1. The topological polar surface area (TPSA) is 92.8 Å². The van der Waals surface area contributed by atoms with Crippen LogP contribution < -0.4 is 5.32 Å². The van der Waals surface area contributed by atoms with Gasteiger partial charge in [-0.2, -0.15) is 4.31 Å². The molecule has 1 aliphatic rings. The first kappa shape index (κ1) is 24.2. The molecule has 10 heteroatoms. The van der Waals surface area contributed by atoms with Gasteiger partial charge in [-0.05, 0) is 49.6 Å². The van der Waals surface area contributed by atoms with Gasteiger partial charge >= 0.3 is 5.97 Å². The Morgan fingerprint density at radius 3 is 2.47 bits per heavy atom. The number of hydrogen-bond donors (Lipinski definition) is 1. The van der Waals surface area contributed by atoms with Crippen LogP contribution in [-0.2, 0) is 19.6 Å². The van der Waals surface area contributed by atoms with Crippen LogP contribution in [0.4, 0.5) is 10.1 Å². The Hall–Kier alpha value is -2.49. The molecule has 3 rings (SSSR count).